The molecule has 2 saturated heterocycles. The van der Waals surface area contributed by atoms with Crippen LogP contribution in [0.25, 0.3) is 22.3 Å². The van der Waals surface area contributed by atoms with Gasteiger partial charge in [-0.3, -0.25) is 9.59 Å². The number of alkyl halides is 6. The van der Waals surface area contributed by atoms with Gasteiger partial charge < -0.3 is 25.5 Å². The number of urea groups is 1. The zero-order valence-corrected chi connectivity index (χ0v) is 41.9. The van der Waals surface area contributed by atoms with E-state index in [1.807, 2.05) is 42.5 Å². The molecule has 4 aromatic carbocycles. The summed E-state index contributed by atoms with van der Waals surface area (Å²) in [4.78, 5) is 67.0. The number of likely N-dealkylation sites (tertiary alicyclic amines) is 1. The first-order valence-corrected chi connectivity index (χ1v) is 23.5. The molecule has 4 aromatic heterocycles. The Bertz CT molecular complexity index is 3430. The fraction of sp³-hybridized carbons (Fsp3) is 0.292. The van der Waals surface area contributed by atoms with Crippen molar-refractivity contribution in [2.75, 3.05) is 31.5 Å². The first-order chi connectivity index (χ1) is 35.4. The molecular weight excluding hydrogens is 1070 g/mol. The van der Waals surface area contributed by atoms with Crippen molar-refractivity contribution in [2.45, 2.75) is 63.0 Å². The van der Waals surface area contributed by atoms with E-state index in [0.29, 0.717) is 66.2 Å². The number of carbonyl (C=O) groups is 1. The Morgan fingerprint density at radius 3 is 1.55 bits per heavy atom. The van der Waals surface area contributed by atoms with Gasteiger partial charge in [-0.2, -0.15) is 31.3 Å². The molecule has 389 valence electrons. The Morgan fingerprint density at radius 2 is 1.11 bits per heavy atom. The van der Waals surface area contributed by atoms with Gasteiger partial charge in [-0.25, -0.2) is 28.9 Å². The number of benzene rings is 4. The fourth-order valence-electron chi connectivity index (χ4n) is 8.12. The predicted molar refractivity (Wildman–Crippen MR) is 261 cm³/mol. The summed E-state index contributed by atoms with van der Waals surface area (Å²) in [5.41, 5.74) is 1.22. The number of aromatic nitrogens is 10. The molecule has 4 N–H and O–H groups in total. The molecule has 2 aliphatic heterocycles. The van der Waals surface area contributed by atoms with E-state index in [-0.39, 0.29) is 58.4 Å². The summed E-state index contributed by atoms with van der Waals surface area (Å²) in [5.74, 6) is 1.36. The van der Waals surface area contributed by atoms with Crippen molar-refractivity contribution in [3.05, 3.63) is 162 Å². The van der Waals surface area contributed by atoms with Gasteiger partial charge in [-0.1, -0.05) is 70.0 Å². The summed E-state index contributed by atoms with van der Waals surface area (Å²) in [6.45, 7) is 3.37. The first-order valence-electron chi connectivity index (χ1n) is 22.8. The number of hydrogen-bond acceptors (Lipinski definition) is 12. The van der Waals surface area contributed by atoms with Crippen molar-refractivity contribution in [1.82, 2.24) is 60.1 Å². The summed E-state index contributed by atoms with van der Waals surface area (Å²) < 4.78 is 77.4. The minimum absolute atomic E-state index is 0. The number of halogens is 8. The number of carbonyl (C=O) groups excluding carboxylic acids is 2. The molecule has 6 heterocycles. The molecule has 2 amide bonds. The second-order valence-corrected chi connectivity index (χ2v) is 17.8. The molecule has 2 aliphatic rings. The van der Waals surface area contributed by atoms with Gasteiger partial charge in [-0.05, 0) is 111 Å². The van der Waals surface area contributed by atoms with Crippen LogP contribution < -0.4 is 21.8 Å². The molecule has 75 heavy (non-hydrogen) atoms. The van der Waals surface area contributed by atoms with Gasteiger partial charge in [0.1, 0.15) is 11.6 Å². The van der Waals surface area contributed by atoms with E-state index >= 15 is 0 Å². The summed E-state index contributed by atoms with van der Waals surface area (Å²) in [6, 6.07) is 22.7. The average molecular weight is 1110 g/mol. The Morgan fingerprint density at radius 1 is 0.667 bits per heavy atom. The van der Waals surface area contributed by atoms with E-state index in [4.69, 9.17) is 23.2 Å². The molecule has 18 nitrogen and oxygen atoms in total. The smallest absolute Gasteiger partial charge is 0.324 e. The van der Waals surface area contributed by atoms with Crippen LogP contribution >= 0.6 is 23.2 Å². The minimum atomic E-state index is -4.44. The maximum Gasteiger partial charge on any atom is 0.416 e. The van der Waals surface area contributed by atoms with Crippen LogP contribution in [0.2, 0.25) is 10.0 Å². The van der Waals surface area contributed by atoms with Gasteiger partial charge in [0, 0.05) is 59.2 Å². The number of hydrogen-bond donors (Lipinski definition) is 4. The standard InChI is InChI=1S/C24H21ClF3N7O2.C16H17ClN6O.C8H4F3NO.V/c25-18-4-2-1-3-15(18)13-35-21-19(32-33-35)22(36)31-20(30-21)14-9-11-34(12-10-14)23(37)29-17-7-5-16(6-8-17)24(26,27)28;17-12-4-2-1-3-11(12)9-23-15-13(21-22-23)16(24)20-14(19-15)10-5-7-18-8-6-10;9-8(10,11)6-1-3-7(4-2-6)12-5-13;/h1-8,14H,9-13H2,(H,29,37)(H,30,31,36);1-4,10,18H,5-9H2,(H,19,20,24);1-4H;. The largest absolute Gasteiger partial charge is 0.416 e. The van der Waals surface area contributed by atoms with Crippen LogP contribution in [0.4, 0.5) is 42.5 Å². The zero-order valence-electron chi connectivity index (χ0n) is 39.0. The van der Waals surface area contributed by atoms with Crippen LogP contribution in [0.3, 0.4) is 0 Å². The van der Waals surface area contributed by atoms with Crippen molar-refractivity contribution in [3.63, 3.8) is 0 Å². The van der Waals surface area contributed by atoms with Crippen LogP contribution in [0.15, 0.2) is 112 Å². The summed E-state index contributed by atoms with van der Waals surface area (Å²) in [7, 11) is 0. The monoisotopic (exact) mass is 1110 g/mol. The molecule has 8 aromatic rings. The molecule has 0 bridgehead atoms. The van der Waals surface area contributed by atoms with Crippen LogP contribution in [-0.4, -0.2) is 93.1 Å². The minimum Gasteiger partial charge on any atom is -0.324 e. The molecule has 0 spiro atoms. The third kappa shape index (κ3) is 13.9. The van der Waals surface area contributed by atoms with Crippen molar-refractivity contribution < 1.29 is 54.5 Å². The van der Waals surface area contributed by atoms with Crippen molar-refractivity contribution >= 4 is 69.0 Å². The van der Waals surface area contributed by atoms with E-state index in [1.165, 1.54) is 22.9 Å². The number of aliphatic imine (C=N–C) groups is 1. The molecule has 1 radical (unpaired) electrons. The summed E-state index contributed by atoms with van der Waals surface area (Å²) in [5, 5.41) is 23.3. The van der Waals surface area contributed by atoms with Gasteiger partial charge >= 0.3 is 18.4 Å². The molecular formula is C48H42Cl2F6N14O4V. The number of nitrogens with zero attached hydrogens (tertiary/aromatic N) is 10. The van der Waals surface area contributed by atoms with Gasteiger partial charge in [0.05, 0.1) is 29.9 Å². The van der Waals surface area contributed by atoms with Gasteiger partial charge in [0.2, 0.25) is 6.08 Å². The number of fused-ring (bicyclic) bond motifs is 2. The number of piperidine rings is 2. The summed E-state index contributed by atoms with van der Waals surface area (Å²) in [6.07, 6.45) is -4.56. The molecule has 0 unspecified atom stereocenters. The second kappa shape index (κ2) is 24.4. The molecule has 10 rings (SSSR count). The third-order valence-electron chi connectivity index (χ3n) is 12.1. The number of amides is 2. The summed E-state index contributed by atoms with van der Waals surface area (Å²) >= 11 is 12.5. The number of rotatable bonds is 8. The van der Waals surface area contributed by atoms with E-state index in [9.17, 15) is 45.5 Å². The Balaban J connectivity index is 0.000000184. The van der Waals surface area contributed by atoms with Crippen molar-refractivity contribution in [3.8, 4) is 0 Å². The predicted octanol–water partition coefficient (Wildman–Crippen LogP) is 9.00. The topological polar surface area (TPSA) is 227 Å². The molecule has 2 fully saturated rings. The molecule has 0 saturated carbocycles. The van der Waals surface area contributed by atoms with Crippen LogP contribution in [-0.2, 0) is 48.8 Å². The number of isocyanates is 1. The average Bonchev–Trinajstić information content (AvgIpc) is 4.00. The fourth-order valence-corrected chi connectivity index (χ4v) is 8.51. The van der Waals surface area contributed by atoms with Gasteiger partial charge in [0.25, 0.3) is 11.1 Å². The van der Waals surface area contributed by atoms with E-state index < -0.39 is 35.1 Å². The molecule has 0 aliphatic carbocycles. The second-order valence-electron chi connectivity index (χ2n) is 17.0. The van der Waals surface area contributed by atoms with Crippen LogP contribution in [0.1, 0.15) is 71.4 Å². The quantitative estimate of drug-likeness (QED) is 0.0638. The number of nitrogens with one attached hydrogen (secondary N) is 4. The van der Waals surface area contributed by atoms with E-state index in [1.54, 1.807) is 15.6 Å². The van der Waals surface area contributed by atoms with Crippen molar-refractivity contribution in [2.24, 2.45) is 4.99 Å². The zero-order chi connectivity index (χ0) is 52.6. The Hall–Kier alpha value is -7.21. The van der Waals surface area contributed by atoms with E-state index in [0.717, 1.165) is 79.3 Å². The van der Waals surface area contributed by atoms with E-state index in [2.05, 4.69) is 56.2 Å². The SMILES string of the molecule is O=C(Nc1ccc(C(F)(F)F)cc1)N1CCC(c2nc3c(nnn3Cc3ccccc3Cl)c(=O)[nH]2)CC1.O=C=Nc1ccc(C(F)(F)F)cc1.O=c1[nH]c(C2CCNCC2)nc2c1nnn2Cc1ccccc1Cl.[V]. The maximum absolute atomic E-state index is 12.7. The Kier molecular flexibility index (Phi) is 18.1. The number of anilines is 1. The number of H-pyrrole nitrogens is 2. The Labute approximate surface area is 442 Å². The number of aromatic amines is 2. The molecule has 27 heteroatoms. The van der Waals surface area contributed by atoms with Gasteiger partial charge in [-0.15, -0.1) is 10.2 Å². The van der Waals surface area contributed by atoms with Crippen LogP contribution in [0.5, 0.6) is 0 Å². The third-order valence-corrected chi connectivity index (χ3v) is 12.8. The van der Waals surface area contributed by atoms with Crippen molar-refractivity contribution in [1.29, 1.82) is 0 Å². The van der Waals surface area contributed by atoms with Gasteiger partial charge in [0.15, 0.2) is 22.3 Å². The van der Waals surface area contributed by atoms with Crippen LogP contribution in [0, 0.1) is 0 Å². The molecule has 0 atom stereocenters. The normalized spacial score (nSPS) is 14.2. The first kappa shape index (κ1) is 55.5. The maximum atomic E-state index is 12.7.